The largest absolute Gasteiger partial charge is 0.394 e. The van der Waals surface area contributed by atoms with E-state index in [2.05, 4.69) is 30.3 Å². The summed E-state index contributed by atoms with van der Waals surface area (Å²) in [5.41, 5.74) is 2.26. The molecule has 2 amide bonds. The summed E-state index contributed by atoms with van der Waals surface area (Å²) in [5, 5.41) is 10.1. The number of aliphatic hydroxyl groups is 1. The van der Waals surface area contributed by atoms with Gasteiger partial charge in [-0.05, 0) is 43.7 Å². The molecule has 1 heterocycles. The Balaban J connectivity index is 1.57. The maximum Gasteiger partial charge on any atom is 0.226 e. The molecule has 3 atom stereocenters. The summed E-state index contributed by atoms with van der Waals surface area (Å²) >= 11 is 0. The molecule has 1 N–H and O–H groups in total. The van der Waals surface area contributed by atoms with Crippen molar-refractivity contribution >= 4 is 17.9 Å². The van der Waals surface area contributed by atoms with Crippen molar-refractivity contribution in [3.8, 4) is 0 Å². The number of hydrogen-bond donors (Lipinski definition) is 1. The predicted octanol–water partition coefficient (Wildman–Crippen LogP) is 2.65. The third-order valence-electron chi connectivity index (χ3n) is 6.36. The zero-order valence-electron chi connectivity index (χ0n) is 16.8. The number of benzene rings is 1. The maximum atomic E-state index is 12.9. The maximum absolute atomic E-state index is 12.9. The Bertz CT molecular complexity index is 765. The van der Waals surface area contributed by atoms with Gasteiger partial charge in [-0.25, -0.2) is 0 Å². The zero-order chi connectivity index (χ0) is 19.8. The molecule has 3 aliphatic rings. The number of likely N-dealkylation sites (N-methyl/N-ethyl adjacent to an activating group) is 1. The Labute approximate surface area is 167 Å². The summed E-state index contributed by atoms with van der Waals surface area (Å²) in [4.78, 5) is 29.0. The minimum Gasteiger partial charge on any atom is -0.394 e. The predicted molar refractivity (Wildman–Crippen MR) is 108 cm³/mol. The van der Waals surface area contributed by atoms with Gasteiger partial charge < -0.3 is 14.9 Å². The molecule has 3 fully saturated rings. The molecule has 1 aromatic carbocycles. The molecule has 2 aliphatic carbocycles. The second-order valence-corrected chi connectivity index (χ2v) is 8.52. The molecule has 5 heteroatoms. The molecule has 4 rings (SSSR count). The average molecular weight is 383 g/mol. The van der Waals surface area contributed by atoms with Crippen molar-refractivity contribution in [3.63, 3.8) is 0 Å². The highest BCUT2D eigenvalue weighted by molar-refractivity contribution is 5.84. The quantitative estimate of drug-likeness (QED) is 0.789. The second kappa shape index (κ2) is 7.70. The highest BCUT2D eigenvalue weighted by atomic mass is 16.3. The summed E-state index contributed by atoms with van der Waals surface area (Å²) < 4.78 is 0. The van der Waals surface area contributed by atoms with Gasteiger partial charge in [0.15, 0.2) is 0 Å². The van der Waals surface area contributed by atoms with Crippen LogP contribution in [-0.2, 0) is 9.59 Å². The number of amides is 2. The van der Waals surface area contributed by atoms with Gasteiger partial charge in [0.25, 0.3) is 0 Å². The first kappa shape index (κ1) is 19.2. The monoisotopic (exact) mass is 382 g/mol. The number of hydrogen-bond acceptors (Lipinski definition) is 3. The van der Waals surface area contributed by atoms with Gasteiger partial charge in [0.05, 0.1) is 18.7 Å². The fourth-order valence-electron chi connectivity index (χ4n) is 4.50. The van der Waals surface area contributed by atoms with E-state index in [1.807, 2.05) is 24.9 Å². The first-order chi connectivity index (χ1) is 13.5. The van der Waals surface area contributed by atoms with Gasteiger partial charge in [-0.2, -0.15) is 0 Å². The van der Waals surface area contributed by atoms with E-state index in [1.54, 1.807) is 4.90 Å². The van der Waals surface area contributed by atoms with Gasteiger partial charge in [-0.3, -0.25) is 9.59 Å². The van der Waals surface area contributed by atoms with E-state index in [0.29, 0.717) is 6.54 Å². The number of nitrogens with zero attached hydrogens (tertiary/aromatic N) is 2. The molecule has 2 saturated carbocycles. The number of carbonyl (C=O) groups excluding carboxylic acids is 2. The standard InChI is InChI=1S/C23H30N2O3/c1-3-4-15-5-7-16(8-6-15)21-19(13-24(2)22(27)17-9-10-17)25(20(21)14-26)23(28)18-11-12-18/h3-8,17-21,26H,9-14H2,1-2H3/b4-3+/t19-,20+,21-/m0/s1. The van der Waals surface area contributed by atoms with Crippen LogP contribution in [0.4, 0.5) is 0 Å². The summed E-state index contributed by atoms with van der Waals surface area (Å²) in [6, 6.07) is 8.08. The van der Waals surface area contributed by atoms with E-state index in [-0.39, 0.29) is 48.3 Å². The zero-order valence-corrected chi connectivity index (χ0v) is 16.8. The first-order valence-corrected chi connectivity index (χ1v) is 10.5. The minimum absolute atomic E-state index is 0.0451. The van der Waals surface area contributed by atoms with Crippen LogP contribution in [0.5, 0.6) is 0 Å². The lowest BCUT2D eigenvalue weighted by Gasteiger charge is -2.56. The van der Waals surface area contributed by atoms with Crippen molar-refractivity contribution in [2.24, 2.45) is 11.8 Å². The lowest BCUT2D eigenvalue weighted by Crippen LogP contribution is -2.69. The molecule has 1 saturated heterocycles. The van der Waals surface area contributed by atoms with Crippen LogP contribution >= 0.6 is 0 Å². The van der Waals surface area contributed by atoms with Crippen LogP contribution in [0.2, 0.25) is 0 Å². The highest BCUT2D eigenvalue weighted by Crippen LogP contribution is 2.45. The number of allylic oxidation sites excluding steroid dienone is 1. The van der Waals surface area contributed by atoms with Gasteiger partial charge in [0, 0.05) is 31.3 Å². The van der Waals surface area contributed by atoms with Crippen LogP contribution in [0.25, 0.3) is 6.08 Å². The van der Waals surface area contributed by atoms with Gasteiger partial charge >= 0.3 is 0 Å². The molecular formula is C23H30N2O3. The molecule has 0 unspecified atom stereocenters. The summed E-state index contributed by atoms with van der Waals surface area (Å²) in [7, 11) is 1.85. The molecule has 1 aromatic rings. The number of aliphatic hydroxyl groups excluding tert-OH is 1. The molecule has 28 heavy (non-hydrogen) atoms. The SMILES string of the molecule is C/C=C/c1ccc([C@@H]2[C@@H](CO)N(C(=O)C3CC3)[C@H]2CN(C)C(=O)C2CC2)cc1. The summed E-state index contributed by atoms with van der Waals surface area (Å²) in [6.45, 7) is 2.48. The minimum atomic E-state index is -0.199. The van der Waals surface area contributed by atoms with E-state index in [1.165, 1.54) is 0 Å². The Morgan fingerprint density at radius 2 is 1.75 bits per heavy atom. The van der Waals surface area contributed by atoms with Crippen LogP contribution < -0.4 is 0 Å². The molecule has 0 bridgehead atoms. The fraction of sp³-hybridized carbons (Fsp3) is 0.565. The first-order valence-electron chi connectivity index (χ1n) is 10.5. The van der Waals surface area contributed by atoms with Gasteiger partial charge in [-0.15, -0.1) is 0 Å². The smallest absolute Gasteiger partial charge is 0.226 e. The van der Waals surface area contributed by atoms with Gasteiger partial charge in [-0.1, -0.05) is 36.4 Å². The van der Waals surface area contributed by atoms with E-state index in [4.69, 9.17) is 0 Å². The molecule has 1 aliphatic heterocycles. The molecule has 0 spiro atoms. The lowest BCUT2D eigenvalue weighted by molar-refractivity contribution is -0.155. The third-order valence-corrected chi connectivity index (χ3v) is 6.36. The van der Waals surface area contributed by atoms with Crippen LogP contribution in [-0.4, -0.2) is 59.0 Å². The van der Waals surface area contributed by atoms with Gasteiger partial charge in [0.2, 0.25) is 11.8 Å². The number of carbonyl (C=O) groups is 2. The molecule has 5 nitrogen and oxygen atoms in total. The van der Waals surface area contributed by atoms with E-state index < -0.39 is 0 Å². The summed E-state index contributed by atoms with van der Waals surface area (Å²) in [6.07, 6.45) is 7.91. The second-order valence-electron chi connectivity index (χ2n) is 8.52. The van der Waals surface area contributed by atoms with Crippen molar-refractivity contribution in [2.45, 2.75) is 50.6 Å². The molecular weight excluding hydrogens is 352 g/mol. The fourth-order valence-corrected chi connectivity index (χ4v) is 4.50. The van der Waals surface area contributed by atoms with Crippen LogP contribution in [0.3, 0.4) is 0 Å². The van der Waals surface area contributed by atoms with Crippen molar-refractivity contribution in [2.75, 3.05) is 20.2 Å². The molecule has 150 valence electrons. The average Bonchev–Trinajstić information content (AvgIpc) is 3.58. The lowest BCUT2D eigenvalue weighted by atomic mass is 9.74. The van der Waals surface area contributed by atoms with Crippen molar-refractivity contribution < 1.29 is 14.7 Å². The molecule has 0 radical (unpaired) electrons. The Morgan fingerprint density at radius 3 is 2.29 bits per heavy atom. The van der Waals surface area contributed by atoms with Crippen molar-refractivity contribution in [1.82, 2.24) is 9.80 Å². The third kappa shape index (κ3) is 3.60. The van der Waals surface area contributed by atoms with Crippen LogP contribution in [0, 0.1) is 11.8 Å². The van der Waals surface area contributed by atoms with Crippen LogP contribution in [0.15, 0.2) is 30.3 Å². The number of likely N-dealkylation sites (tertiary alicyclic amines) is 1. The number of rotatable bonds is 7. The normalized spacial score (nSPS) is 27.0. The van der Waals surface area contributed by atoms with E-state index in [0.717, 1.165) is 36.8 Å². The van der Waals surface area contributed by atoms with Crippen LogP contribution in [0.1, 0.15) is 49.7 Å². The molecule has 0 aromatic heterocycles. The highest BCUT2D eigenvalue weighted by Gasteiger charge is 2.54. The van der Waals surface area contributed by atoms with Crippen molar-refractivity contribution in [1.29, 1.82) is 0 Å². The summed E-state index contributed by atoms with van der Waals surface area (Å²) in [5.74, 6) is 0.678. The van der Waals surface area contributed by atoms with Crippen molar-refractivity contribution in [3.05, 3.63) is 41.5 Å². The Kier molecular flexibility index (Phi) is 5.28. The Hall–Kier alpha value is -2.14. The van der Waals surface area contributed by atoms with E-state index >= 15 is 0 Å². The topological polar surface area (TPSA) is 60.9 Å². The van der Waals surface area contributed by atoms with Gasteiger partial charge in [0.1, 0.15) is 0 Å². The van der Waals surface area contributed by atoms with E-state index in [9.17, 15) is 14.7 Å². The Morgan fingerprint density at radius 1 is 1.11 bits per heavy atom.